The van der Waals surface area contributed by atoms with Gasteiger partial charge >= 0.3 is 5.97 Å². The van der Waals surface area contributed by atoms with Crippen molar-refractivity contribution in [3.05, 3.63) is 54.1 Å². The largest absolute Gasteiger partial charge is 0.426 e. The minimum atomic E-state index is -0.218. The Bertz CT molecular complexity index is 900. The van der Waals surface area contributed by atoms with Gasteiger partial charge in [0.25, 0.3) is 0 Å². The van der Waals surface area contributed by atoms with Crippen molar-refractivity contribution in [2.45, 2.75) is 25.7 Å². The molecule has 2 aromatic carbocycles. The van der Waals surface area contributed by atoms with Gasteiger partial charge in [-0.05, 0) is 61.1 Å². The number of nitriles is 1. The van der Waals surface area contributed by atoms with Crippen LogP contribution in [-0.2, 0) is 9.59 Å². The van der Waals surface area contributed by atoms with E-state index in [9.17, 15) is 9.59 Å². The molecule has 2 aromatic rings. The second kappa shape index (κ2) is 7.85. The first kappa shape index (κ1) is 18.2. The highest BCUT2D eigenvalue weighted by Crippen LogP contribution is 2.32. The quantitative estimate of drug-likeness (QED) is 0.603. The average Bonchev–Trinajstić information content (AvgIpc) is 3.59. The number of piperidine rings is 1. The number of ether oxygens (including phenoxy) is 1. The second-order valence-electron chi connectivity index (χ2n) is 7.51. The van der Waals surface area contributed by atoms with E-state index < -0.39 is 0 Å². The van der Waals surface area contributed by atoms with E-state index in [0.29, 0.717) is 37.2 Å². The van der Waals surface area contributed by atoms with Crippen LogP contribution in [0, 0.1) is 23.2 Å². The van der Waals surface area contributed by atoms with Gasteiger partial charge in [-0.3, -0.25) is 9.59 Å². The van der Waals surface area contributed by atoms with Crippen molar-refractivity contribution in [1.29, 1.82) is 5.26 Å². The lowest BCUT2D eigenvalue weighted by molar-refractivity contribution is -0.143. The Balaban J connectivity index is 1.32. The van der Waals surface area contributed by atoms with E-state index in [1.54, 1.807) is 24.3 Å². The van der Waals surface area contributed by atoms with Crippen molar-refractivity contribution < 1.29 is 14.3 Å². The van der Waals surface area contributed by atoms with Gasteiger partial charge in [0.1, 0.15) is 5.75 Å². The number of carbonyl (C=O) groups excluding carboxylic acids is 2. The van der Waals surface area contributed by atoms with E-state index in [2.05, 4.69) is 6.07 Å². The van der Waals surface area contributed by atoms with E-state index in [1.165, 1.54) is 0 Å². The SMILES string of the molecule is N#Cc1ccc(-c2ccc(OC(=O)C3CCN(C(=O)C4CC4)CC3)cc2)cc1. The molecule has 1 amide bonds. The summed E-state index contributed by atoms with van der Waals surface area (Å²) in [6.07, 6.45) is 3.36. The van der Waals surface area contributed by atoms with Crippen LogP contribution in [0.15, 0.2) is 48.5 Å². The maximum Gasteiger partial charge on any atom is 0.314 e. The Morgan fingerprint density at radius 1 is 0.857 bits per heavy atom. The lowest BCUT2D eigenvalue weighted by Gasteiger charge is -2.31. The summed E-state index contributed by atoms with van der Waals surface area (Å²) in [6, 6.07) is 16.9. The Morgan fingerprint density at radius 3 is 1.96 bits per heavy atom. The molecule has 0 N–H and O–H groups in total. The summed E-state index contributed by atoms with van der Waals surface area (Å²) in [5.41, 5.74) is 2.62. The zero-order valence-corrected chi connectivity index (χ0v) is 15.6. The highest BCUT2D eigenvalue weighted by atomic mass is 16.5. The number of benzene rings is 2. The maximum absolute atomic E-state index is 12.5. The van der Waals surface area contributed by atoms with E-state index in [1.807, 2.05) is 29.2 Å². The Hall–Kier alpha value is -3.13. The van der Waals surface area contributed by atoms with Crippen molar-refractivity contribution in [2.24, 2.45) is 11.8 Å². The average molecular weight is 374 g/mol. The van der Waals surface area contributed by atoms with Crippen molar-refractivity contribution in [2.75, 3.05) is 13.1 Å². The molecule has 0 atom stereocenters. The third kappa shape index (κ3) is 4.07. The predicted octanol–water partition coefficient (Wildman–Crippen LogP) is 3.78. The van der Waals surface area contributed by atoms with Gasteiger partial charge in [0, 0.05) is 19.0 Å². The fourth-order valence-electron chi connectivity index (χ4n) is 3.58. The van der Waals surface area contributed by atoms with E-state index >= 15 is 0 Å². The van der Waals surface area contributed by atoms with E-state index in [4.69, 9.17) is 10.00 Å². The molecule has 4 rings (SSSR count). The van der Waals surface area contributed by atoms with Crippen LogP contribution < -0.4 is 4.74 Å². The summed E-state index contributed by atoms with van der Waals surface area (Å²) >= 11 is 0. The van der Waals surface area contributed by atoms with E-state index in [-0.39, 0.29) is 23.7 Å². The van der Waals surface area contributed by atoms with Gasteiger partial charge in [-0.15, -0.1) is 0 Å². The third-order valence-corrected chi connectivity index (χ3v) is 5.49. The molecule has 1 aliphatic heterocycles. The minimum Gasteiger partial charge on any atom is -0.426 e. The molecule has 0 aromatic heterocycles. The molecule has 0 radical (unpaired) electrons. The lowest BCUT2D eigenvalue weighted by atomic mass is 9.96. The lowest BCUT2D eigenvalue weighted by Crippen LogP contribution is -2.41. The minimum absolute atomic E-state index is 0.151. The number of nitrogens with zero attached hydrogens (tertiary/aromatic N) is 2. The van der Waals surface area contributed by atoms with Crippen molar-refractivity contribution in [3.8, 4) is 22.9 Å². The third-order valence-electron chi connectivity index (χ3n) is 5.49. The number of hydrogen-bond donors (Lipinski definition) is 0. The topological polar surface area (TPSA) is 70.4 Å². The number of likely N-dealkylation sites (tertiary alicyclic amines) is 1. The van der Waals surface area contributed by atoms with Crippen LogP contribution >= 0.6 is 0 Å². The van der Waals surface area contributed by atoms with Gasteiger partial charge in [-0.1, -0.05) is 24.3 Å². The first-order valence-electron chi connectivity index (χ1n) is 9.75. The van der Waals surface area contributed by atoms with Crippen LogP contribution in [0.5, 0.6) is 5.75 Å². The number of carbonyl (C=O) groups is 2. The van der Waals surface area contributed by atoms with Crippen molar-refractivity contribution in [1.82, 2.24) is 4.90 Å². The number of rotatable bonds is 4. The zero-order chi connectivity index (χ0) is 19.5. The highest BCUT2D eigenvalue weighted by molar-refractivity contribution is 5.81. The molecule has 28 heavy (non-hydrogen) atoms. The maximum atomic E-state index is 12.5. The van der Waals surface area contributed by atoms with Crippen LogP contribution in [-0.4, -0.2) is 29.9 Å². The van der Waals surface area contributed by atoms with Crippen LogP contribution in [0.4, 0.5) is 0 Å². The Kier molecular flexibility index (Phi) is 5.12. The fourth-order valence-corrected chi connectivity index (χ4v) is 3.58. The number of esters is 1. The monoisotopic (exact) mass is 374 g/mol. The van der Waals surface area contributed by atoms with Crippen molar-refractivity contribution in [3.63, 3.8) is 0 Å². The molecule has 0 spiro atoms. The standard InChI is InChI=1S/C23H22N2O3/c24-15-16-1-3-17(4-2-16)18-7-9-21(10-8-18)28-23(27)20-11-13-25(14-12-20)22(26)19-5-6-19/h1-4,7-10,19-20H,5-6,11-14H2. The van der Waals surface area contributed by atoms with Crippen LogP contribution in [0.2, 0.25) is 0 Å². The molecule has 2 aliphatic rings. The first-order valence-corrected chi connectivity index (χ1v) is 9.75. The fraction of sp³-hybridized carbons (Fsp3) is 0.348. The number of amides is 1. The Labute approximate surface area is 164 Å². The van der Waals surface area contributed by atoms with Crippen LogP contribution in [0.25, 0.3) is 11.1 Å². The second-order valence-corrected chi connectivity index (χ2v) is 7.51. The van der Waals surface area contributed by atoms with Crippen LogP contribution in [0.3, 0.4) is 0 Å². The summed E-state index contributed by atoms with van der Waals surface area (Å²) < 4.78 is 5.55. The molecule has 1 saturated carbocycles. The van der Waals surface area contributed by atoms with Gasteiger partial charge < -0.3 is 9.64 Å². The molecule has 0 bridgehead atoms. The van der Waals surface area contributed by atoms with E-state index in [0.717, 1.165) is 24.0 Å². The normalized spacial score (nSPS) is 17.0. The molecule has 2 fully saturated rings. The van der Waals surface area contributed by atoms with Gasteiger partial charge in [0.05, 0.1) is 17.6 Å². The number of hydrogen-bond acceptors (Lipinski definition) is 4. The summed E-state index contributed by atoms with van der Waals surface area (Å²) in [6.45, 7) is 1.29. The molecule has 5 nitrogen and oxygen atoms in total. The smallest absolute Gasteiger partial charge is 0.314 e. The molecule has 1 saturated heterocycles. The highest BCUT2D eigenvalue weighted by Gasteiger charge is 2.36. The van der Waals surface area contributed by atoms with Gasteiger partial charge in [0.2, 0.25) is 5.91 Å². The molecule has 142 valence electrons. The Morgan fingerprint density at radius 2 is 1.43 bits per heavy atom. The summed E-state index contributed by atoms with van der Waals surface area (Å²) in [5, 5.41) is 8.88. The zero-order valence-electron chi connectivity index (χ0n) is 15.6. The van der Waals surface area contributed by atoms with Crippen LogP contribution in [0.1, 0.15) is 31.2 Å². The predicted molar refractivity (Wildman–Crippen MR) is 104 cm³/mol. The molecular weight excluding hydrogens is 352 g/mol. The van der Waals surface area contributed by atoms with Gasteiger partial charge in [-0.25, -0.2) is 0 Å². The summed E-state index contributed by atoms with van der Waals surface area (Å²) in [4.78, 5) is 26.5. The molecule has 5 heteroatoms. The molecular formula is C23H22N2O3. The van der Waals surface area contributed by atoms with Crippen molar-refractivity contribution >= 4 is 11.9 Å². The molecule has 1 aliphatic carbocycles. The molecule has 1 heterocycles. The molecule has 0 unspecified atom stereocenters. The first-order chi connectivity index (χ1) is 13.6. The van der Waals surface area contributed by atoms with Gasteiger partial charge in [0.15, 0.2) is 0 Å². The summed E-state index contributed by atoms with van der Waals surface area (Å²) in [5.74, 6) is 0.647. The van der Waals surface area contributed by atoms with Gasteiger partial charge in [-0.2, -0.15) is 5.26 Å². The summed E-state index contributed by atoms with van der Waals surface area (Å²) in [7, 11) is 0.